The molecule has 1 aromatic carbocycles. The summed E-state index contributed by atoms with van der Waals surface area (Å²) in [5.41, 5.74) is 3.95. The van der Waals surface area contributed by atoms with Crippen molar-refractivity contribution in [3.63, 3.8) is 0 Å². The van der Waals surface area contributed by atoms with Gasteiger partial charge in [-0.25, -0.2) is 14.5 Å². The fourth-order valence-corrected chi connectivity index (χ4v) is 2.93. The quantitative estimate of drug-likeness (QED) is 0.696. The normalized spacial score (nSPS) is 14.2. The Kier molecular flexibility index (Phi) is 3.15. The third kappa shape index (κ3) is 2.29. The zero-order chi connectivity index (χ0) is 16.0. The van der Waals surface area contributed by atoms with Gasteiger partial charge in [-0.3, -0.25) is 0 Å². The number of aryl methyl sites for hydroxylation is 1. The maximum Gasteiger partial charge on any atom is 0.338 e. The first-order valence-electron chi connectivity index (χ1n) is 7.73. The Hall–Kier alpha value is -2.69. The summed E-state index contributed by atoms with van der Waals surface area (Å²) in [7, 11) is 1.41. The average molecular weight is 307 g/mol. The number of nitrogens with zero attached hydrogens (tertiary/aromatic N) is 3. The van der Waals surface area contributed by atoms with Gasteiger partial charge in [0.25, 0.3) is 0 Å². The molecular formula is C18H17N3O2. The third-order valence-electron chi connectivity index (χ3n) is 4.16. The molecule has 1 aliphatic rings. The molecule has 116 valence electrons. The molecule has 0 saturated heterocycles. The number of pyridine rings is 1. The number of carbonyl (C=O) groups is 1. The lowest BCUT2D eigenvalue weighted by Crippen LogP contribution is -2.05. The van der Waals surface area contributed by atoms with Crippen molar-refractivity contribution in [2.45, 2.75) is 25.7 Å². The molecule has 23 heavy (non-hydrogen) atoms. The first kappa shape index (κ1) is 13.9. The van der Waals surface area contributed by atoms with E-state index < -0.39 is 0 Å². The maximum atomic E-state index is 12.2. The molecule has 0 N–H and O–H groups in total. The summed E-state index contributed by atoms with van der Waals surface area (Å²) in [5.74, 6) is 0.0744. The first-order chi connectivity index (χ1) is 11.2. The predicted molar refractivity (Wildman–Crippen MR) is 86.9 cm³/mol. The van der Waals surface area contributed by atoms with Gasteiger partial charge in [0, 0.05) is 11.6 Å². The molecule has 2 heterocycles. The van der Waals surface area contributed by atoms with Gasteiger partial charge in [-0.2, -0.15) is 5.10 Å². The summed E-state index contributed by atoms with van der Waals surface area (Å²) >= 11 is 0. The van der Waals surface area contributed by atoms with Crippen molar-refractivity contribution in [1.82, 2.24) is 14.8 Å². The van der Waals surface area contributed by atoms with Crippen LogP contribution in [0, 0.1) is 6.92 Å². The second-order valence-electron chi connectivity index (χ2n) is 5.91. The number of methoxy groups -OCH3 is 1. The van der Waals surface area contributed by atoms with E-state index in [1.807, 2.05) is 41.9 Å². The average Bonchev–Trinajstić information content (AvgIpc) is 3.35. The number of carbonyl (C=O) groups excluding carboxylic acids is 1. The predicted octanol–water partition coefficient (Wildman–Crippen LogP) is 3.39. The highest BCUT2D eigenvalue weighted by atomic mass is 16.5. The summed E-state index contributed by atoms with van der Waals surface area (Å²) in [4.78, 5) is 16.9. The smallest absolute Gasteiger partial charge is 0.338 e. The van der Waals surface area contributed by atoms with Crippen LogP contribution in [0.2, 0.25) is 0 Å². The number of rotatable bonds is 3. The minimum absolute atomic E-state index is 0.338. The van der Waals surface area contributed by atoms with Crippen LogP contribution in [-0.2, 0) is 4.74 Å². The number of para-hydroxylation sites is 1. The third-order valence-corrected chi connectivity index (χ3v) is 4.16. The zero-order valence-corrected chi connectivity index (χ0v) is 13.1. The van der Waals surface area contributed by atoms with Crippen LogP contribution in [0.4, 0.5) is 0 Å². The Morgan fingerprint density at radius 3 is 2.65 bits per heavy atom. The first-order valence-corrected chi connectivity index (χ1v) is 7.73. The molecule has 3 aromatic rings. The highest BCUT2D eigenvalue weighted by Crippen LogP contribution is 2.43. The molecule has 0 radical (unpaired) electrons. The Labute approximate surface area is 133 Å². The van der Waals surface area contributed by atoms with Gasteiger partial charge in [0.05, 0.1) is 29.4 Å². The van der Waals surface area contributed by atoms with Crippen molar-refractivity contribution in [3.8, 4) is 5.69 Å². The fraction of sp³-hybridized carbons (Fsp3) is 0.278. The second kappa shape index (κ2) is 5.19. The Bertz CT molecular complexity index is 896. The van der Waals surface area contributed by atoms with Crippen molar-refractivity contribution in [1.29, 1.82) is 0 Å². The summed E-state index contributed by atoms with van der Waals surface area (Å²) in [6.45, 7) is 1.88. The summed E-state index contributed by atoms with van der Waals surface area (Å²) in [6, 6.07) is 11.7. The number of hydrogen-bond acceptors (Lipinski definition) is 4. The molecule has 0 unspecified atom stereocenters. The van der Waals surface area contributed by atoms with E-state index in [-0.39, 0.29) is 5.97 Å². The second-order valence-corrected chi connectivity index (χ2v) is 5.91. The van der Waals surface area contributed by atoms with E-state index in [1.165, 1.54) is 7.11 Å². The highest BCUT2D eigenvalue weighted by Gasteiger charge is 2.32. The van der Waals surface area contributed by atoms with Crippen LogP contribution in [0.5, 0.6) is 0 Å². The Morgan fingerprint density at radius 2 is 2.00 bits per heavy atom. The number of ether oxygens (including phenoxy) is 1. The van der Waals surface area contributed by atoms with E-state index in [4.69, 9.17) is 9.84 Å². The van der Waals surface area contributed by atoms with E-state index in [9.17, 15) is 4.79 Å². The molecule has 2 aromatic heterocycles. The zero-order valence-electron chi connectivity index (χ0n) is 13.1. The number of aromatic nitrogens is 3. The van der Waals surface area contributed by atoms with Gasteiger partial charge in [0.15, 0.2) is 5.65 Å². The summed E-state index contributed by atoms with van der Waals surface area (Å²) in [6.07, 6.45) is 2.21. The lowest BCUT2D eigenvalue weighted by molar-refractivity contribution is 0.0602. The molecule has 0 spiro atoms. The molecule has 0 amide bonds. The van der Waals surface area contributed by atoms with Crippen LogP contribution in [0.1, 0.15) is 40.5 Å². The van der Waals surface area contributed by atoms with Crippen LogP contribution in [-0.4, -0.2) is 27.8 Å². The van der Waals surface area contributed by atoms with E-state index >= 15 is 0 Å². The summed E-state index contributed by atoms with van der Waals surface area (Å²) < 4.78 is 6.80. The highest BCUT2D eigenvalue weighted by molar-refractivity contribution is 6.04. The monoisotopic (exact) mass is 307 g/mol. The van der Waals surface area contributed by atoms with Gasteiger partial charge < -0.3 is 4.74 Å². The van der Waals surface area contributed by atoms with Crippen LogP contribution < -0.4 is 0 Å². The van der Waals surface area contributed by atoms with Gasteiger partial charge in [-0.05, 0) is 38.0 Å². The largest absolute Gasteiger partial charge is 0.465 e. The van der Waals surface area contributed by atoms with E-state index in [2.05, 4.69) is 4.98 Å². The SMILES string of the molecule is COC(=O)c1cc(C)nc2c1c(C1CC1)nn2-c1ccccc1. The Morgan fingerprint density at radius 1 is 1.26 bits per heavy atom. The van der Waals surface area contributed by atoms with Crippen LogP contribution in [0.15, 0.2) is 36.4 Å². The lowest BCUT2D eigenvalue weighted by Gasteiger charge is -2.05. The number of fused-ring (bicyclic) bond motifs is 1. The van der Waals surface area contributed by atoms with Crippen molar-refractivity contribution in [3.05, 3.63) is 53.3 Å². The van der Waals surface area contributed by atoms with Gasteiger partial charge in [0.1, 0.15) is 0 Å². The maximum absolute atomic E-state index is 12.2. The molecule has 0 atom stereocenters. The Balaban J connectivity index is 2.06. The summed E-state index contributed by atoms with van der Waals surface area (Å²) in [5, 5.41) is 5.61. The van der Waals surface area contributed by atoms with E-state index in [1.54, 1.807) is 6.07 Å². The lowest BCUT2D eigenvalue weighted by atomic mass is 10.1. The molecule has 5 heteroatoms. The topological polar surface area (TPSA) is 57.0 Å². The number of esters is 1. The molecule has 1 fully saturated rings. The molecule has 1 saturated carbocycles. The number of benzene rings is 1. The minimum atomic E-state index is -0.338. The molecule has 0 bridgehead atoms. The van der Waals surface area contributed by atoms with Crippen molar-refractivity contribution >= 4 is 17.0 Å². The minimum Gasteiger partial charge on any atom is -0.465 e. The number of hydrogen-bond donors (Lipinski definition) is 0. The van der Waals surface area contributed by atoms with Crippen LogP contribution in [0.3, 0.4) is 0 Å². The van der Waals surface area contributed by atoms with E-state index in [0.29, 0.717) is 11.5 Å². The van der Waals surface area contributed by atoms with Crippen LogP contribution >= 0.6 is 0 Å². The molecule has 5 nitrogen and oxygen atoms in total. The molecule has 4 rings (SSSR count). The van der Waals surface area contributed by atoms with Gasteiger partial charge in [-0.15, -0.1) is 0 Å². The van der Waals surface area contributed by atoms with Gasteiger partial charge in [-0.1, -0.05) is 18.2 Å². The van der Waals surface area contributed by atoms with Crippen molar-refractivity contribution in [2.24, 2.45) is 0 Å². The van der Waals surface area contributed by atoms with Crippen molar-refractivity contribution in [2.75, 3.05) is 7.11 Å². The van der Waals surface area contributed by atoms with Crippen molar-refractivity contribution < 1.29 is 9.53 Å². The van der Waals surface area contributed by atoms with E-state index in [0.717, 1.165) is 41.0 Å². The molecule has 1 aliphatic carbocycles. The van der Waals surface area contributed by atoms with Gasteiger partial charge in [0.2, 0.25) is 0 Å². The van der Waals surface area contributed by atoms with Gasteiger partial charge >= 0.3 is 5.97 Å². The fourth-order valence-electron chi connectivity index (χ4n) is 2.93. The molecule has 0 aliphatic heterocycles. The standard InChI is InChI=1S/C18H17N3O2/c1-11-10-14(18(22)23-2)15-16(12-8-9-12)20-21(17(15)19-11)13-6-4-3-5-7-13/h3-7,10,12H,8-9H2,1-2H3. The van der Waals surface area contributed by atoms with Crippen LogP contribution in [0.25, 0.3) is 16.7 Å². The molecular weight excluding hydrogens is 290 g/mol.